The van der Waals surface area contributed by atoms with Crippen LogP contribution in [0.4, 0.5) is 5.82 Å². The molecule has 4 heteroatoms. The number of aromatic nitrogens is 2. The highest BCUT2D eigenvalue weighted by molar-refractivity contribution is 6.28. The second-order valence-corrected chi connectivity index (χ2v) is 5.79. The number of aryl methyl sites for hydroxylation is 1. The summed E-state index contributed by atoms with van der Waals surface area (Å²) < 4.78 is 0. The molecule has 3 nitrogen and oxygen atoms in total. The molecule has 1 N–H and O–H groups in total. The van der Waals surface area contributed by atoms with Gasteiger partial charge in [0, 0.05) is 11.6 Å². The van der Waals surface area contributed by atoms with Gasteiger partial charge in [0.25, 0.3) is 0 Å². The SMILES string of the molecule is Clc1nc2c(c(NC3CCCCCC3)n1)CCC2. The van der Waals surface area contributed by atoms with Gasteiger partial charge in [-0.2, -0.15) is 0 Å². The summed E-state index contributed by atoms with van der Waals surface area (Å²) in [5.74, 6) is 1.01. The Morgan fingerprint density at radius 1 is 0.944 bits per heavy atom. The molecule has 1 saturated carbocycles. The van der Waals surface area contributed by atoms with Crippen LogP contribution in [0.5, 0.6) is 0 Å². The van der Waals surface area contributed by atoms with Crippen molar-refractivity contribution in [2.75, 3.05) is 5.32 Å². The van der Waals surface area contributed by atoms with Crippen molar-refractivity contribution in [1.82, 2.24) is 9.97 Å². The summed E-state index contributed by atoms with van der Waals surface area (Å²) in [6.45, 7) is 0. The Kier molecular flexibility index (Phi) is 3.69. The van der Waals surface area contributed by atoms with Crippen molar-refractivity contribution in [2.45, 2.75) is 63.8 Å². The molecule has 0 atom stereocenters. The van der Waals surface area contributed by atoms with Crippen LogP contribution in [-0.2, 0) is 12.8 Å². The zero-order valence-corrected chi connectivity index (χ0v) is 11.5. The average molecular weight is 266 g/mol. The third-order valence-corrected chi connectivity index (χ3v) is 4.27. The fourth-order valence-electron chi connectivity index (χ4n) is 3.14. The fourth-order valence-corrected chi connectivity index (χ4v) is 3.33. The monoisotopic (exact) mass is 265 g/mol. The predicted molar refractivity (Wildman–Crippen MR) is 74.2 cm³/mol. The van der Waals surface area contributed by atoms with E-state index in [2.05, 4.69) is 15.3 Å². The van der Waals surface area contributed by atoms with Gasteiger partial charge >= 0.3 is 0 Å². The maximum atomic E-state index is 6.02. The smallest absolute Gasteiger partial charge is 0.224 e. The molecule has 18 heavy (non-hydrogen) atoms. The first kappa shape index (κ1) is 12.2. The molecule has 98 valence electrons. The van der Waals surface area contributed by atoms with E-state index in [1.54, 1.807) is 0 Å². The molecule has 1 aromatic heterocycles. The Balaban J connectivity index is 1.79. The van der Waals surface area contributed by atoms with Crippen LogP contribution in [0.25, 0.3) is 0 Å². The van der Waals surface area contributed by atoms with Crippen LogP contribution < -0.4 is 5.32 Å². The summed E-state index contributed by atoms with van der Waals surface area (Å²) in [7, 11) is 0. The van der Waals surface area contributed by atoms with Gasteiger partial charge in [-0.25, -0.2) is 9.97 Å². The van der Waals surface area contributed by atoms with E-state index in [0.717, 1.165) is 24.4 Å². The number of hydrogen-bond donors (Lipinski definition) is 1. The molecule has 0 aromatic carbocycles. The lowest BCUT2D eigenvalue weighted by atomic mass is 10.1. The number of halogens is 1. The van der Waals surface area contributed by atoms with Crippen molar-refractivity contribution in [1.29, 1.82) is 0 Å². The Morgan fingerprint density at radius 2 is 1.72 bits per heavy atom. The second kappa shape index (κ2) is 5.43. The predicted octanol–water partition coefficient (Wildman–Crippen LogP) is 3.75. The average Bonchev–Trinajstić information content (AvgIpc) is 2.66. The first-order chi connectivity index (χ1) is 8.83. The van der Waals surface area contributed by atoms with Crippen LogP contribution in [-0.4, -0.2) is 16.0 Å². The van der Waals surface area contributed by atoms with E-state index in [4.69, 9.17) is 11.6 Å². The third-order valence-electron chi connectivity index (χ3n) is 4.10. The number of fused-ring (bicyclic) bond motifs is 1. The quantitative estimate of drug-likeness (QED) is 0.654. The van der Waals surface area contributed by atoms with E-state index in [1.807, 2.05) is 0 Å². The number of rotatable bonds is 2. The molecule has 0 spiro atoms. The number of hydrogen-bond acceptors (Lipinski definition) is 3. The van der Waals surface area contributed by atoms with Gasteiger partial charge < -0.3 is 5.32 Å². The molecule has 0 radical (unpaired) electrons. The Morgan fingerprint density at radius 3 is 2.50 bits per heavy atom. The first-order valence-electron chi connectivity index (χ1n) is 7.15. The number of nitrogens with zero attached hydrogens (tertiary/aromatic N) is 2. The van der Waals surface area contributed by atoms with Crippen LogP contribution in [0.3, 0.4) is 0 Å². The highest BCUT2D eigenvalue weighted by atomic mass is 35.5. The summed E-state index contributed by atoms with van der Waals surface area (Å²) in [6, 6.07) is 0.572. The summed E-state index contributed by atoms with van der Waals surface area (Å²) in [4.78, 5) is 8.75. The van der Waals surface area contributed by atoms with Crippen molar-refractivity contribution in [3.05, 3.63) is 16.5 Å². The molecular formula is C14H20ClN3. The van der Waals surface area contributed by atoms with Gasteiger partial charge in [-0.1, -0.05) is 25.7 Å². The van der Waals surface area contributed by atoms with Gasteiger partial charge in [0.1, 0.15) is 5.82 Å². The van der Waals surface area contributed by atoms with Crippen LogP contribution in [0.2, 0.25) is 5.28 Å². The fraction of sp³-hybridized carbons (Fsp3) is 0.714. The zero-order chi connectivity index (χ0) is 12.4. The molecule has 0 bridgehead atoms. The normalized spacial score (nSPS) is 20.5. The van der Waals surface area contributed by atoms with E-state index in [-0.39, 0.29) is 0 Å². The molecule has 3 rings (SSSR count). The molecule has 0 aliphatic heterocycles. The Bertz CT molecular complexity index is 425. The van der Waals surface area contributed by atoms with Crippen molar-refractivity contribution < 1.29 is 0 Å². The maximum Gasteiger partial charge on any atom is 0.224 e. The molecule has 0 amide bonds. The summed E-state index contributed by atoms with van der Waals surface area (Å²) in [5.41, 5.74) is 2.47. The number of anilines is 1. The van der Waals surface area contributed by atoms with Gasteiger partial charge in [0.05, 0.1) is 5.69 Å². The Labute approximate surface area is 113 Å². The van der Waals surface area contributed by atoms with Crippen molar-refractivity contribution in [2.24, 2.45) is 0 Å². The molecule has 0 saturated heterocycles. The minimum Gasteiger partial charge on any atom is -0.367 e. The van der Waals surface area contributed by atoms with E-state index in [1.165, 1.54) is 50.5 Å². The lowest BCUT2D eigenvalue weighted by molar-refractivity contribution is 0.616. The van der Waals surface area contributed by atoms with E-state index in [9.17, 15) is 0 Å². The maximum absolute atomic E-state index is 6.02. The molecule has 2 aliphatic rings. The highest BCUT2D eigenvalue weighted by Crippen LogP contribution is 2.29. The largest absolute Gasteiger partial charge is 0.367 e. The lowest BCUT2D eigenvalue weighted by Gasteiger charge is -2.19. The van der Waals surface area contributed by atoms with Gasteiger partial charge in [-0.05, 0) is 43.7 Å². The van der Waals surface area contributed by atoms with Crippen molar-refractivity contribution in [3.8, 4) is 0 Å². The van der Waals surface area contributed by atoms with Crippen molar-refractivity contribution in [3.63, 3.8) is 0 Å². The third kappa shape index (κ3) is 2.61. The van der Waals surface area contributed by atoms with Gasteiger partial charge in [-0.3, -0.25) is 0 Å². The second-order valence-electron chi connectivity index (χ2n) is 5.45. The van der Waals surface area contributed by atoms with Gasteiger partial charge in [0.2, 0.25) is 5.28 Å². The summed E-state index contributed by atoms with van der Waals surface area (Å²) in [5, 5.41) is 4.02. The molecular weight excluding hydrogens is 246 g/mol. The van der Waals surface area contributed by atoms with Gasteiger partial charge in [-0.15, -0.1) is 0 Å². The summed E-state index contributed by atoms with van der Waals surface area (Å²) in [6.07, 6.45) is 11.3. The van der Waals surface area contributed by atoms with Crippen LogP contribution in [0, 0.1) is 0 Å². The molecule has 1 heterocycles. The minimum atomic E-state index is 0.395. The molecule has 2 aliphatic carbocycles. The molecule has 1 fully saturated rings. The molecule has 0 unspecified atom stereocenters. The molecule has 1 aromatic rings. The zero-order valence-electron chi connectivity index (χ0n) is 10.7. The van der Waals surface area contributed by atoms with E-state index in [0.29, 0.717) is 11.3 Å². The summed E-state index contributed by atoms with van der Waals surface area (Å²) >= 11 is 6.02. The van der Waals surface area contributed by atoms with Gasteiger partial charge in [0.15, 0.2) is 0 Å². The van der Waals surface area contributed by atoms with Crippen LogP contribution >= 0.6 is 11.6 Å². The van der Waals surface area contributed by atoms with E-state index < -0.39 is 0 Å². The first-order valence-corrected chi connectivity index (χ1v) is 7.52. The van der Waals surface area contributed by atoms with Crippen LogP contribution in [0.15, 0.2) is 0 Å². The topological polar surface area (TPSA) is 37.8 Å². The number of nitrogens with one attached hydrogen (secondary N) is 1. The van der Waals surface area contributed by atoms with E-state index >= 15 is 0 Å². The highest BCUT2D eigenvalue weighted by Gasteiger charge is 2.21. The minimum absolute atomic E-state index is 0.395. The lowest BCUT2D eigenvalue weighted by Crippen LogP contribution is -2.20. The standard InChI is InChI=1S/C14H20ClN3/c15-14-17-12-9-5-8-11(12)13(18-14)16-10-6-3-1-2-4-7-10/h10H,1-9H2,(H,16,17,18). The van der Waals surface area contributed by atoms with Crippen LogP contribution in [0.1, 0.15) is 56.2 Å². The Hall–Kier alpha value is -0.830. The van der Waals surface area contributed by atoms with Crippen molar-refractivity contribution >= 4 is 17.4 Å².